The number of carboxylic acid groups (broad SMARTS) is 1. The molecule has 0 aliphatic heterocycles. The van der Waals surface area contributed by atoms with Gasteiger partial charge in [-0.05, 0) is 19.3 Å². The van der Waals surface area contributed by atoms with Crippen molar-refractivity contribution < 1.29 is 14.7 Å². The van der Waals surface area contributed by atoms with E-state index >= 15 is 0 Å². The van der Waals surface area contributed by atoms with Gasteiger partial charge in [0.05, 0.1) is 6.04 Å². The van der Waals surface area contributed by atoms with Crippen molar-refractivity contribution in [2.75, 3.05) is 6.54 Å². The van der Waals surface area contributed by atoms with Gasteiger partial charge in [-0.3, -0.25) is 9.59 Å². The minimum atomic E-state index is -0.748. The number of carboxylic acids is 1. The molecule has 1 atom stereocenters. The van der Waals surface area contributed by atoms with Crippen LogP contribution in [0.15, 0.2) is 0 Å². The summed E-state index contributed by atoms with van der Waals surface area (Å²) in [4.78, 5) is 21.5. The van der Waals surface area contributed by atoms with E-state index in [4.69, 9.17) is 10.8 Å². The van der Waals surface area contributed by atoms with Crippen molar-refractivity contribution in [2.45, 2.75) is 51.5 Å². The summed E-state index contributed by atoms with van der Waals surface area (Å²) >= 11 is 0. The minimum Gasteiger partial charge on any atom is -0.481 e. The number of hydrogen-bond acceptors (Lipinski definition) is 3. The second-order valence-corrected chi connectivity index (χ2v) is 3.86. The Balaban J connectivity index is 3.27. The zero-order valence-electron chi connectivity index (χ0n) is 9.87. The summed E-state index contributed by atoms with van der Waals surface area (Å²) in [6.07, 6.45) is 4.29. The second-order valence-electron chi connectivity index (χ2n) is 3.86. The number of hydrogen-bond donors (Lipinski definition) is 3. The smallest absolute Gasteiger partial charge is 0.303 e. The summed E-state index contributed by atoms with van der Waals surface area (Å²) in [6.45, 7) is 2.50. The monoisotopic (exact) mass is 230 g/mol. The Hall–Kier alpha value is -1.10. The fourth-order valence-corrected chi connectivity index (χ4v) is 1.28. The number of nitrogens with one attached hydrogen (secondary N) is 1. The SMILES string of the molecule is CC[C@H](N)C(=O)NCCCCCCC(=O)O. The maximum atomic E-state index is 11.2. The van der Waals surface area contributed by atoms with Crippen molar-refractivity contribution >= 4 is 11.9 Å². The molecule has 0 aromatic heterocycles. The van der Waals surface area contributed by atoms with E-state index in [0.717, 1.165) is 19.3 Å². The molecule has 0 fully saturated rings. The highest BCUT2D eigenvalue weighted by atomic mass is 16.4. The van der Waals surface area contributed by atoms with Gasteiger partial charge in [-0.15, -0.1) is 0 Å². The third-order valence-corrected chi connectivity index (χ3v) is 2.39. The zero-order valence-corrected chi connectivity index (χ0v) is 9.87. The quantitative estimate of drug-likeness (QED) is 0.512. The number of amides is 1. The highest BCUT2D eigenvalue weighted by molar-refractivity contribution is 5.81. The Kier molecular flexibility index (Phi) is 8.52. The Morgan fingerprint density at radius 2 is 1.88 bits per heavy atom. The molecule has 0 unspecified atom stereocenters. The second kappa shape index (κ2) is 9.15. The van der Waals surface area contributed by atoms with Crippen LogP contribution in [0.3, 0.4) is 0 Å². The predicted octanol–water partition coefficient (Wildman–Crippen LogP) is 0.875. The molecule has 94 valence electrons. The third kappa shape index (κ3) is 8.23. The van der Waals surface area contributed by atoms with E-state index in [1.807, 2.05) is 6.92 Å². The number of carbonyl (C=O) groups is 2. The van der Waals surface area contributed by atoms with Crippen LogP contribution in [0, 0.1) is 0 Å². The lowest BCUT2D eigenvalue weighted by atomic mass is 10.1. The van der Waals surface area contributed by atoms with E-state index < -0.39 is 12.0 Å². The van der Waals surface area contributed by atoms with Gasteiger partial charge in [-0.2, -0.15) is 0 Å². The van der Waals surface area contributed by atoms with E-state index in [9.17, 15) is 9.59 Å². The van der Waals surface area contributed by atoms with E-state index in [-0.39, 0.29) is 12.3 Å². The molecule has 0 aromatic rings. The Labute approximate surface area is 96.4 Å². The molecule has 0 rings (SSSR count). The first-order chi connectivity index (χ1) is 7.57. The van der Waals surface area contributed by atoms with E-state index in [1.54, 1.807) is 0 Å². The molecule has 0 bridgehead atoms. The Morgan fingerprint density at radius 3 is 2.44 bits per heavy atom. The van der Waals surface area contributed by atoms with Gasteiger partial charge in [-0.25, -0.2) is 0 Å². The van der Waals surface area contributed by atoms with Crippen LogP contribution in [-0.2, 0) is 9.59 Å². The maximum absolute atomic E-state index is 11.2. The van der Waals surface area contributed by atoms with E-state index in [0.29, 0.717) is 19.4 Å². The van der Waals surface area contributed by atoms with Crippen LogP contribution in [0.25, 0.3) is 0 Å². The zero-order chi connectivity index (χ0) is 12.4. The number of rotatable bonds is 9. The molecular formula is C11H22N2O3. The number of unbranched alkanes of at least 4 members (excludes halogenated alkanes) is 3. The molecule has 0 heterocycles. The van der Waals surface area contributed by atoms with Crippen LogP contribution in [0.4, 0.5) is 0 Å². The molecule has 0 aliphatic rings. The number of carbonyl (C=O) groups excluding carboxylic acids is 1. The fourth-order valence-electron chi connectivity index (χ4n) is 1.28. The molecule has 0 radical (unpaired) electrons. The molecule has 4 N–H and O–H groups in total. The summed E-state index contributed by atoms with van der Waals surface area (Å²) in [7, 11) is 0. The van der Waals surface area contributed by atoms with Crippen LogP contribution in [0.5, 0.6) is 0 Å². The summed E-state index contributed by atoms with van der Waals surface area (Å²) in [5.41, 5.74) is 5.53. The third-order valence-electron chi connectivity index (χ3n) is 2.39. The fraction of sp³-hybridized carbons (Fsp3) is 0.818. The summed E-state index contributed by atoms with van der Waals surface area (Å²) in [5.74, 6) is -0.852. The van der Waals surface area contributed by atoms with Crippen molar-refractivity contribution in [3.63, 3.8) is 0 Å². The minimum absolute atomic E-state index is 0.104. The van der Waals surface area contributed by atoms with Crippen molar-refractivity contribution in [1.82, 2.24) is 5.32 Å². The first-order valence-electron chi connectivity index (χ1n) is 5.83. The lowest BCUT2D eigenvalue weighted by Gasteiger charge is -2.09. The van der Waals surface area contributed by atoms with Gasteiger partial charge >= 0.3 is 5.97 Å². The molecule has 5 nitrogen and oxygen atoms in total. The average molecular weight is 230 g/mol. The van der Waals surface area contributed by atoms with E-state index in [2.05, 4.69) is 5.32 Å². The van der Waals surface area contributed by atoms with Crippen molar-refractivity contribution in [3.05, 3.63) is 0 Å². The molecule has 1 amide bonds. The van der Waals surface area contributed by atoms with Gasteiger partial charge in [0.25, 0.3) is 0 Å². The number of aliphatic carboxylic acids is 1. The van der Waals surface area contributed by atoms with Crippen LogP contribution in [0.1, 0.15) is 45.4 Å². The van der Waals surface area contributed by atoms with Crippen LogP contribution >= 0.6 is 0 Å². The van der Waals surface area contributed by atoms with Gasteiger partial charge in [0.2, 0.25) is 5.91 Å². The van der Waals surface area contributed by atoms with Crippen LogP contribution in [0.2, 0.25) is 0 Å². The molecule has 0 aromatic carbocycles. The topological polar surface area (TPSA) is 92.4 Å². The van der Waals surface area contributed by atoms with Crippen molar-refractivity contribution in [3.8, 4) is 0 Å². The van der Waals surface area contributed by atoms with Gasteiger partial charge in [-0.1, -0.05) is 19.8 Å². The van der Waals surface area contributed by atoms with Gasteiger partial charge < -0.3 is 16.2 Å². The lowest BCUT2D eigenvalue weighted by molar-refractivity contribution is -0.137. The van der Waals surface area contributed by atoms with Crippen molar-refractivity contribution in [1.29, 1.82) is 0 Å². The first kappa shape index (κ1) is 14.9. The Morgan fingerprint density at radius 1 is 1.25 bits per heavy atom. The molecule has 5 heteroatoms. The highest BCUT2D eigenvalue weighted by Gasteiger charge is 2.08. The molecule has 0 saturated carbocycles. The molecular weight excluding hydrogens is 208 g/mol. The van der Waals surface area contributed by atoms with Gasteiger partial charge in [0.1, 0.15) is 0 Å². The standard InChI is InChI=1S/C11H22N2O3/c1-2-9(12)11(16)13-8-6-4-3-5-7-10(14)15/h9H,2-8,12H2,1H3,(H,13,16)(H,14,15)/t9-/m0/s1. The predicted molar refractivity (Wildman–Crippen MR) is 62.0 cm³/mol. The normalized spacial score (nSPS) is 12.1. The lowest BCUT2D eigenvalue weighted by Crippen LogP contribution is -2.40. The van der Waals surface area contributed by atoms with Crippen LogP contribution in [-0.4, -0.2) is 29.6 Å². The first-order valence-corrected chi connectivity index (χ1v) is 5.83. The van der Waals surface area contributed by atoms with Gasteiger partial charge in [0.15, 0.2) is 0 Å². The molecule has 16 heavy (non-hydrogen) atoms. The number of nitrogens with two attached hydrogens (primary N) is 1. The highest BCUT2D eigenvalue weighted by Crippen LogP contribution is 2.02. The summed E-state index contributed by atoms with van der Waals surface area (Å²) in [6, 6.07) is -0.410. The summed E-state index contributed by atoms with van der Waals surface area (Å²) < 4.78 is 0. The Bertz CT molecular complexity index is 219. The largest absolute Gasteiger partial charge is 0.481 e. The average Bonchev–Trinajstić information content (AvgIpc) is 2.25. The van der Waals surface area contributed by atoms with Crippen LogP contribution < -0.4 is 11.1 Å². The van der Waals surface area contributed by atoms with Crippen molar-refractivity contribution in [2.24, 2.45) is 5.73 Å². The molecule has 0 saturated heterocycles. The van der Waals surface area contributed by atoms with Gasteiger partial charge in [0, 0.05) is 13.0 Å². The summed E-state index contributed by atoms with van der Waals surface area (Å²) in [5, 5.41) is 11.2. The molecule has 0 aliphatic carbocycles. The molecule has 0 spiro atoms. The maximum Gasteiger partial charge on any atom is 0.303 e. The van der Waals surface area contributed by atoms with E-state index in [1.165, 1.54) is 0 Å².